The fourth-order valence-corrected chi connectivity index (χ4v) is 3.99. The molecule has 0 aromatic heterocycles. The predicted molar refractivity (Wildman–Crippen MR) is 82.7 cm³/mol. The highest BCUT2D eigenvalue weighted by Crippen LogP contribution is 2.40. The van der Waals surface area contributed by atoms with Crippen LogP contribution in [0.3, 0.4) is 0 Å². The van der Waals surface area contributed by atoms with Gasteiger partial charge in [-0.15, -0.1) is 0 Å². The lowest BCUT2D eigenvalue weighted by Crippen LogP contribution is -2.41. The molecule has 4 heteroatoms. The third-order valence-electron chi connectivity index (χ3n) is 3.98. The van der Waals surface area contributed by atoms with Crippen molar-refractivity contribution in [2.75, 3.05) is 20.1 Å². The molecule has 0 N–H and O–H groups in total. The van der Waals surface area contributed by atoms with Crippen molar-refractivity contribution >= 4 is 23.5 Å². The second-order valence-corrected chi connectivity index (χ2v) is 7.18. The van der Waals surface area contributed by atoms with Gasteiger partial charge < -0.3 is 4.90 Å². The topological polar surface area (TPSA) is 6.48 Å². The van der Waals surface area contributed by atoms with Gasteiger partial charge in [0.15, 0.2) is 0 Å². The number of rotatable bonds is 4. The van der Waals surface area contributed by atoms with E-state index in [4.69, 9.17) is 11.6 Å². The Labute approximate surface area is 125 Å². The maximum absolute atomic E-state index is 5.96. The highest BCUT2D eigenvalue weighted by Gasteiger charge is 2.35. The molecule has 104 valence electrons. The molecule has 1 heterocycles. The first-order chi connectivity index (χ1) is 9.22. The zero-order valence-corrected chi connectivity index (χ0v) is 13.0. The summed E-state index contributed by atoms with van der Waals surface area (Å²) in [4.78, 5) is 3.75. The average Bonchev–Trinajstić information content (AvgIpc) is 3.24. The van der Waals surface area contributed by atoms with Gasteiger partial charge in [0.1, 0.15) is 0 Å². The average molecular weight is 297 g/mol. The van der Waals surface area contributed by atoms with Gasteiger partial charge in [-0.2, -0.15) is 0 Å². The number of nitrogens with zero attached hydrogens (tertiary/aromatic N) is 2. The molecule has 0 bridgehead atoms. The number of hydrogen-bond donors (Lipinski definition) is 0. The lowest BCUT2D eigenvalue weighted by Gasteiger charge is -2.36. The van der Waals surface area contributed by atoms with E-state index in [2.05, 4.69) is 28.4 Å². The van der Waals surface area contributed by atoms with Crippen molar-refractivity contribution in [2.45, 2.75) is 42.7 Å². The molecule has 0 spiro atoms. The van der Waals surface area contributed by atoms with Gasteiger partial charge in [0.05, 0.1) is 0 Å². The van der Waals surface area contributed by atoms with E-state index in [0.29, 0.717) is 0 Å². The minimum atomic E-state index is 0.740. The van der Waals surface area contributed by atoms with E-state index in [1.54, 1.807) is 0 Å². The molecular formula is C15H21ClN2S. The Morgan fingerprint density at radius 1 is 1.05 bits per heavy atom. The van der Waals surface area contributed by atoms with Gasteiger partial charge in [0.2, 0.25) is 0 Å². The summed E-state index contributed by atoms with van der Waals surface area (Å²) < 4.78 is 2.66. The van der Waals surface area contributed by atoms with Crippen LogP contribution in [0.1, 0.15) is 25.7 Å². The molecule has 1 saturated heterocycles. The molecule has 19 heavy (non-hydrogen) atoms. The summed E-state index contributed by atoms with van der Waals surface area (Å²) in [5.74, 6) is 0. The Hall–Kier alpha value is -0.220. The molecule has 0 atom stereocenters. The van der Waals surface area contributed by atoms with Crippen molar-refractivity contribution in [1.29, 1.82) is 0 Å². The van der Waals surface area contributed by atoms with E-state index < -0.39 is 0 Å². The zero-order valence-electron chi connectivity index (χ0n) is 11.4. The monoisotopic (exact) mass is 296 g/mol. The first-order valence-corrected chi connectivity index (χ1v) is 8.28. The van der Waals surface area contributed by atoms with Gasteiger partial charge in [-0.3, -0.25) is 0 Å². The summed E-state index contributed by atoms with van der Waals surface area (Å²) in [6.07, 6.45) is 5.33. The highest BCUT2D eigenvalue weighted by atomic mass is 35.5. The molecule has 1 aromatic rings. The Balaban J connectivity index is 1.65. The Kier molecular flexibility index (Phi) is 4.37. The molecule has 1 saturated carbocycles. The van der Waals surface area contributed by atoms with Crippen molar-refractivity contribution in [2.24, 2.45) is 0 Å². The third kappa shape index (κ3) is 3.66. The Morgan fingerprint density at radius 2 is 1.63 bits per heavy atom. The van der Waals surface area contributed by atoms with Gasteiger partial charge in [-0.1, -0.05) is 11.6 Å². The summed E-state index contributed by atoms with van der Waals surface area (Å²) in [7, 11) is 2.23. The minimum absolute atomic E-state index is 0.740. The van der Waals surface area contributed by atoms with Crippen LogP contribution in [-0.4, -0.2) is 41.4 Å². The number of hydrogen-bond acceptors (Lipinski definition) is 3. The molecule has 2 fully saturated rings. The standard InChI is InChI=1S/C15H21ClN2S/c1-17-10-8-14(9-11-17)18(13-4-5-13)19-15-6-2-12(16)3-7-15/h2-3,6-7,13-14H,4-5,8-11H2,1H3. The first kappa shape index (κ1) is 13.7. The summed E-state index contributed by atoms with van der Waals surface area (Å²) in [5.41, 5.74) is 0. The summed E-state index contributed by atoms with van der Waals surface area (Å²) in [6, 6.07) is 9.79. The van der Waals surface area contributed by atoms with Crippen LogP contribution in [0.15, 0.2) is 29.2 Å². The van der Waals surface area contributed by atoms with Gasteiger partial charge >= 0.3 is 0 Å². The van der Waals surface area contributed by atoms with Crippen molar-refractivity contribution in [1.82, 2.24) is 9.21 Å². The molecule has 1 aliphatic carbocycles. The second kappa shape index (κ2) is 6.04. The number of halogens is 1. The van der Waals surface area contributed by atoms with Crippen LogP contribution in [0, 0.1) is 0 Å². The molecule has 0 radical (unpaired) electrons. The molecule has 0 amide bonds. The van der Waals surface area contributed by atoms with Crippen LogP contribution in [0.2, 0.25) is 5.02 Å². The quantitative estimate of drug-likeness (QED) is 0.778. The van der Waals surface area contributed by atoms with Gasteiger partial charge in [0, 0.05) is 22.0 Å². The van der Waals surface area contributed by atoms with Crippen LogP contribution in [-0.2, 0) is 0 Å². The molecular weight excluding hydrogens is 276 g/mol. The van der Waals surface area contributed by atoms with E-state index in [0.717, 1.165) is 17.1 Å². The van der Waals surface area contributed by atoms with E-state index >= 15 is 0 Å². The van der Waals surface area contributed by atoms with Gasteiger partial charge in [-0.25, -0.2) is 4.31 Å². The van der Waals surface area contributed by atoms with Crippen molar-refractivity contribution in [3.05, 3.63) is 29.3 Å². The van der Waals surface area contributed by atoms with Crippen LogP contribution >= 0.6 is 23.5 Å². The Bertz CT molecular complexity index is 411. The lowest BCUT2D eigenvalue weighted by molar-refractivity contribution is 0.187. The third-order valence-corrected chi connectivity index (χ3v) is 5.52. The van der Waals surface area contributed by atoms with Crippen LogP contribution in [0.25, 0.3) is 0 Å². The van der Waals surface area contributed by atoms with Crippen LogP contribution < -0.4 is 0 Å². The normalized spacial score (nSPS) is 22.1. The van der Waals surface area contributed by atoms with Crippen molar-refractivity contribution in [3.8, 4) is 0 Å². The molecule has 1 aromatic carbocycles. The molecule has 3 rings (SSSR count). The maximum atomic E-state index is 5.96. The number of benzene rings is 1. The smallest absolute Gasteiger partial charge is 0.0406 e. The fraction of sp³-hybridized carbons (Fsp3) is 0.600. The summed E-state index contributed by atoms with van der Waals surface area (Å²) in [5, 5.41) is 0.821. The van der Waals surface area contributed by atoms with Crippen LogP contribution in [0.4, 0.5) is 0 Å². The molecule has 2 nitrogen and oxygen atoms in total. The first-order valence-electron chi connectivity index (χ1n) is 7.13. The minimum Gasteiger partial charge on any atom is -0.306 e. The summed E-state index contributed by atoms with van der Waals surface area (Å²) in [6.45, 7) is 2.46. The van der Waals surface area contributed by atoms with Crippen LogP contribution in [0.5, 0.6) is 0 Å². The second-order valence-electron chi connectivity index (χ2n) is 5.67. The highest BCUT2D eigenvalue weighted by molar-refractivity contribution is 7.97. The molecule has 0 unspecified atom stereocenters. The SMILES string of the molecule is CN1CCC(N(Sc2ccc(Cl)cc2)C2CC2)CC1. The van der Waals surface area contributed by atoms with Gasteiger partial charge in [-0.05, 0) is 82.0 Å². The summed E-state index contributed by atoms with van der Waals surface area (Å²) >= 11 is 7.89. The molecule has 2 aliphatic rings. The number of likely N-dealkylation sites (tertiary alicyclic amines) is 1. The predicted octanol–water partition coefficient (Wildman–Crippen LogP) is 3.91. The van der Waals surface area contributed by atoms with E-state index in [-0.39, 0.29) is 0 Å². The zero-order chi connectivity index (χ0) is 13.2. The largest absolute Gasteiger partial charge is 0.306 e. The lowest BCUT2D eigenvalue weighted by atomic mass is 10.1. The van der Waals surface area contributed by atoms with Crippen molar-refractivity contribution < 1.29 is 0 Å². The number of piperidine rings is 1. The van der Waals surface area contributed by atoms with Gasteiger partial charge in [0.25, 0.3) is 0 Å². The van der Waals surface area contributed by atoms with E-state index in [1.165, 1.54) is 43.7 Å². The fourth-order valence-electron chi connectivity index (χ4n) is 2.64. The maximum Gasteiger partial charge on any atom is 0.0406 e. The van der Waals surface area contributed by atoms with E-state index in [9.17, 15) is 0 Å². The van der Waals surface area contributed by atoms with Crippen molar-refractivity contribution in [3.63, 3.8) is 0 Å². The Morgan fingerprint density at radius 3 is 2.21 bits per heavy atom. The molecule has 1 aliphatic heterocycles. The van der Waals surface area contributed by atoms with E-state index in [1.807, 2.05) is 24.1 Å².